The van der Waals surface area contributed by atoms with E-state index in [-0.39, 0.29) is 17.1 Å². The van der Waals surface area contributed by atoms with Gasteiger partial charge < -0.3 is 19.0 Å². The summed E-state index contributed by atoms with van der Waals surface area (Å²) in [6.45, 7) is 9.28. The highest BCUT2D eigenvalue weighted by atomic mass is 16.5. The SMILES string of the molecule is CCN(CC)CCN1C(=O)c2oc3cc(OC)ccc3c(=O)c2[C@@H]1c1ccc(C)cc1. The molecule has 1 atom stereocenters. The van der Waals surface area contributed by atoms with E-state index in [4.69, 9.17) is 9.15 Å². The summed E-state index contributed by atoms with van der Waals surface area (Å²) in [6, 6.07) is 12.6. The van der Waals surface area contributed by atoms with Crippen LogP contribution in [0.4, 0.5) is 0 Å². The van der Waals surface area contributed by atoms with Crippen LogP contribution in [0.2, 0.25) is 0 Å². The lowest BCUT2D eigenvalue weighted by molar-refractivity contribution is 0.0708. The smallest absolute Gasteiger partial charge is 0.290 e. The molecule has 0 unspecified atom stereocenters. The molecule has 0 aliphatic carbocycles. The van der Waals surface area contributed by atoms with Crippen molar-refractivity contribution in [2.75, 3.05) is 33.3 Å². The van der Waals surface area contributed by atoms with Gasteiger partial charge in [0.2, 0.25) is 5.76 Å². The van der Waals surface area contributed by atoms with Gasteiger partial charge >= 0.3 is 0 Å². The molecule has 1 aliphatic rings. The molecule has 1 amide bonds. The first-order valence-electron chi connectivity index (χ1n) is 10.7. The number of benzene rings is 2. The minimum Gasteiger partial charge on any atom is -0.497 e. The monoisotopic (exact) mass is 420 g/mol. The molecule has 0 saturated carbocycles. The zero-order valence-corrected chi connectivity index (χ0v) is 18.5. The molecule has 162 valence electrons. The van der Waals surface area contributed by atoms with E-state index in [1.807, 2.05) is 31.2 Å². The van der Waals surface area contributed by atoms with Crippen molar-refractivity contribution in [1.82, 2.24) is 9.80 Å². The summed E-state index contributed by atoms with van der Waals surface area (Å²) < 4.78 is 11.3. The van der Waals surface area contributed by atoms with Crippen LogP contribution in [0.5, 0.6) is 5.75 Å². The van der Waals surface area contributed by atoms with Gasteiger partial charge in [0.1, 0.15) is 11.3 Å². The molecule has 0 saturated heterocycles. The third kappa shape index (κ3) is 3.72. The van der Waals surface area contributed by atoms with E-state index in [1.165, 1.54) is 0 Å². The van der Waals surface area contributed by atoms with Gasteiger partial charge in [-0.2, -0.15) is 0 Å². The van der Waals surface area contributed by atoms with Crippen molar-refractivity contribution in [2.45, 2.75) is 26.8 Å². The van der Waals surface area contributed by atoms with Crippen LogP contribution < -0.4 is 10.2 Å². The Labute approximate surface area is 182 Å². The van der Waals surface area contributed by atoms with Gasteiger partial charge in [-0.05, 0) is 37.7 Å². The second-order valence-electron chi connectivity index (χ2n) is 7.87. The van der Waals surface area contributed by atoms with Crippen LogP contribution in [0.3, 0.4) is 0 Å². The second kappa shape index (κ2) is 8.55. The number of ether oxygens (including phenoxy) is 1. The van der Waals surface area contributed by atoms with Gasteiger partial charge in [0.05, 0.1) is 24.1 Å². The van der Waals surface area contributed by atoms with Crippen LogP contribution in [-0.2, 0) is 0 Å². The zero-order chi connectivity index (χ0) is 22.1. The van der Waals surface area contributed by atoms with Crippen molar-refractivity contribution in [1.29, 1.82) is 0 Å². The summed E-state index contributed by atoms with van der Waals surface area (Å²) in [5.74, 6) is 0.472. The van der Waals surface area contributed by atoms with Crippen molar-refractivity contribution < 1.29 is 13.9 Å². The van der Waals surface area contributed by atoms with E-state index in [9.17, 15) is 9.59 Å². The topological polar surface area (TPSA) is 63.0 Å². The van der Waals surface area contributed by atoms with Crippen LogP contribution >= 0.6 is 0 Å². The van der Waals surface area contributed by atoms with Crippen molar-refractivity contribution in [3.05, 3.63) is 75.1 Å². The highest BCUT2D eigenvalue weighted by molar-refractivity contribution is 5.99. The molecular formula is C25H28N2O4. The molecule has 1 aliphatic heterocycles. The maximum absolute atomic E-state index is 13.5. The number of carbonyl (C=O) groups is 1. The first-order valence-corrected chi connectivity index (χ1v) is 10.7. The normalized spacial score (nSPS) is 15.7. The number of fused-ring (bicyclic) bond motifs is 2. The van der Waals surface area contributed by atoms with Crippen molar-refractivity contribution >= 4 is 16.9 Å². The Balaban J connectivity index is 1.86. The third-order valence-corrected chi connectivity index (χ3v) is 6.12. The molecule has 1 aromatic heterocycles. The van der Waals surface area contributed by atoms with Crippen molar-refractivity contribution in [3.8, 4) is 5.75 Å². The Morgan fingerprint density at radius 1 is 1.06 bits per heavy atom. The first-order chi connectivity index (χ1) is 15.0. The lowest BCUT2D eigenvalue weighted by Gasteiger charge is -2.28. The van der Waals surface area contributed by atoms with Crippen LogP contribution in [-0.4, -0.2) is 49.0 Å². The Kier molecular flexibility index (Phi) is 5.83. The minimum atomic E-state index is -0.457. The number of likely N-dealkylation sites (N-methyl/N-ethyl adjacent to an activating group) is 1. The highest BCUT2D eigenvalue weighted by Gasteiger charge is 2.42. The second-order valence-corrected chi connectivity index (χ2v) is 7.87. The summed E-state index contributed by atoms with van der Waals surface area (Å²) in [5.41, 5.74) is 2.66. The molecule has 0 bridgehead atoms. The van der Waals surface area contributed by atoms with E-state index < -0.39 is 6.04 Å². The largest absolute Gasteiger partial charge is 0.497 e. The Morgan fingerprint density at radius 3 is 2.42 bits per heavy atom. The van der Waals surface area contributed by atoms with Gasteiger partial charge in [-0.15, -0.1) is 0 Å². The van der Waals surface area contributed by atoms with Gasteiger partial charge in [-0.1, -0.05) is 43.7 Å². The fourth-order valence-electron chi connectivity index (χ4n) is 4.24. The van der Waals surface area contributed by atoms with Gasteiger partial charge in [0.25, 0.3) is 5.91 Å². The zero-order valence-electron chi connectivity index (χ0n) is 18.5. The Hall–Kier alpha value is -3.12. The molecule has 4 rings (SSSR count). The van der Waals surface area contributed by atoms with E-state index in [1.54, 1.807) is 30.2 Å². The van der Waals surface area contributed by atoms with Crippen LogP contribution in [0, 0.1) is 6.92 Å². The molecule has 31 heavy (non-hydrogen) atoms. The fraction of sp³-hybridized carbons (Fsp3) is 0.360. The highest BCUT2D eigenvalue weighted by Crippen LogP contribution is 2.38. The van der Waals surface area contributed by atoms with Crippen molar-refractivity contribution in [2.24, 2.45) is 0 Å². The summed E-state index contributed by atoms with van der Waals surface area (Å²) in [5, 5.41) is 0.454. The molecule has 0 fully saturated rings. The molecule has 6 heteroatoms. The quantitative estimate of drug-likeness (QED) is 0.578. The summed E-state index contributed by atoms with van der Waals surface area (Å²) >= 11 is 0. The molecule has 0 radical (unpaired) electrons. The predicted octanol–water partition coefficient (Wildman–Crippen LogP) is 4.00. The lowest BCUT2D eigenvalue weighted by Crippen LogP contribution is -2.37. The summed E-state index contributed by atoms with van der Waals surface area (Å²) in [7, 11) is 1.56. The number of rotatable bonds is 7. The van der Waals surface area contributed by atoms with Gasteiger partial charge in [-0.3, -0.25) is 9.59 Å². The van der Waals surface area contributed by atoms with Crippen LogP contribution in [0.1, 0.15) is 47.1 Å². The number of carbonyl (C=O) groups excluding carboxylic acids is 1. The number of methoxy groups -OCH3 is 1. The molecule has 0 spiro atoms. The number of hydrogen-bond acceptors (Lipinski definition) is 5. The maximum atomic E-state index is 13.5. The summed E-state index contributed by atoms with van der Waals surface area (Å²) in [6.07, 6.45) is 0. The standard InChI is InChI=1S/C25H28N2O4/c1-5-26(6-2)13-14-27-22(17-9-7-16(3)8-10-17)21-23(28)19-12-11-18(30-4)15-20(19)31-24(21)25(27)29/h7-12,15,22H,5-6,13-14H2,1-4H3/t22-/m0/s1. The van der Waals surface area contributed by atoms with Gasteiger partial charge in [0, 0.05) is 19.2 Å². The van der Waals surface area contributed by atoms with Gasteiger partial charge in [0.15, 0.2) is 5.43 Å². The molecule has 0 N–H and O–H groups in total. The van der Waals surface area contributed by atoms with Crippen LogP contribution in [0.25, 0.3) is 11.0 Å². The van der Waals surface area contributed by atoms with E-state index in [2.05, 4.69) is 18.7 Å². The average molecular weight is 421 g/mol. The number of hydrogen-bond donors (Lipinski definition) is 0. The predicted molar refractivity (Wildman–Crippen MR) is 121 cm³/mol. The Bertz CT molecular complexity index is 1160. The van der Waals surface area contributed by atoms with Crippen molar-refractivity contribution in [3.63, 3.8) is 0 Å². The van der Waals surface area contributed by atoms with E-state index in [0.29, 0.717) is 28.8 Å². The third-order valence-electron chi connectivity index (χ3n) is 6.12. The summed E-state index contributed by atoms with van der Waals surface area (Å²) in [4.78, 5) is 31.0. The molecule has 2 heterocycles. The maximum Gasteiger partial charge on any atom is 0.290 e. The van der Waals surface area contributed by atoms with Crippen LogP contribution in [0.15, 0.2) is 51.7 Å². The number of amides is 1. The molecule has 2 aromatic carbocycles. The Morgan fingerprint density at radius 2 is 1.77 bits per heavy atom. The first kappa shape index (κ1) is 21.1. The average Bonchev–Trinajstić information content (AvgIpc) is 3.06. The van der Waals surface area contributed by atoms with E-state index >= 15 is 0 Å². The molecule has 3 aromatic rings. The lowest BCUT2D eigenvalue weighted by atomic mass is 9.97. The number of nitrogens with zero attached hydrogens (tertiary/aromatic N) is 2. The fourth-order valence-corrected chi connectivity index (χ4v) is 4.24. The molecular weight excluding hydrogens is 392 g/mol. The minimum absolute atomic E-state index is 0.135. The number of aryl methyl sites for hydroxylation is 1. The molecule has 6 nitrogen and oxygen atoms in total. The van der Waals surface area contributed by atoms with E-state index in [0.717, 1.165) is 30.8 Å². The van der Waals surface area contributed by atoms with Gasteiger partial charge in [-0.25, -0.2) is 0 Å².